The fourth-order valence-electron chi connectivity index (χ4n) is 2.14. The standard InChI is InChI=1S/C17H26N2O3/c1-12(2)22-15-7-5-14(6-8-15)16(20)10-19-17(21)11-18-9-13-3-4-13/h5-8,12-13,16,18,20H,3-4,9-11H2,1-2H3,(H,19,21). The normalized spacial score (nSPS) is 15.6. The summed E-state index contributed by atoms with van der Waals surface area (Å²) in [5.41, 5.74) is 0.766. The van der Waals surface area contributed by atoms with E-state index in [1.807, 2.05) is 38.1 Å². The summed E-state index contributed by atoms with van der Waals surface area (Å²) >= 11 is 0. The maximum absolute atomic E-state index is 11.7. The van der Waals surface area contributed by atoms with E-state index in [1.165, 1.54) is 12.8 Å². The van der Waals surface area contributed by atoms with Gasteiger partial charge in [0.2, 0.25) is 5.91 Å². The molecule has 5 heteroatoms. The van der Waals surface area contributed by atoms with Crippen molar-refractivity contribution < 1.29 is 14.6 Å². The number of benzene rings is 1. The first-order chi connectivity index (χ1) is 10.5. The highest BCUT2D eigenvalue weighted by Crippen LogP contribution is 2.27. The van der Waals surface area contributed by atoms with E-state index in [9.17, 15) is 9.90 Å². The van der Waals surface area contributed by atoms with Gasteiger partial charge in [-0.1, -0.05) is 12.1 Å². The monoisotopic (exact) mass is 306 g/mol. The summed E-state index contributed by atoms with van der Waals surface area (Å²) in [7, 11) is 0. The smallest absolute Gasteiger partial charge is 0.234 e. The lowest BCUT2D eigenvalue weighted by molar-refractivity contribution is -0.120. The fraction of sp³-hybridized carbons (Fsp3) is 0.588. The van der Waals surface area contributed by atoms with Crippen molar-refractivity contribution in [2.24, 2.45) is 5.92 Å². The van der Waals surface area contributed by atoms with E-state index in [-0.39, 0.29) is 18.6 Å². The van der Waals surface area contributed by atoms with Crippen LogP contribution in [-0.2, 0) is 4.79 Å². The Kier molecular flexibility index (Phi) is 6.21. The fourth-order valence-corrected chi connectivity index (χ4v) is 2.14. The molecule has 1 aliphatic carbocycles. The maximum Gasteiger partial charge on any atom is 0.234 e. The second-order valence-electron chi connectivity index (χ2n) is 6.13. The highest BCUT2D eigenvalue weighted by Gasteiger charge is 2.20. The highest BCUT2D eigenvalue weighted by molar-refractivity contribution is 5.78. The Balaban J connectivity index is 1.68. The van der Waals surface area contributed by atoms with Gasteiger partial charge >= 0.3 is 0 Å². The molecule has 1 aromatic carbocycles. The van der Waals surface area contributed by atoms with Crippen LogP contribution in [0.25, 0.3) is 0 Å². The summed E-state index contributed by atoms with van der Waals surface area (Å²) in [5, 5.41) is 16.0. The van der Waals surface area contributed by atoms with Crippen LogP contribution in [-0.4, -0.2) is 36.8 Å². The molecule has 1 amide bonds. The van der Waals surface area contributed by atoms with Gasteiger partial charge < -0.3 is 20.5 Å². The van der Waals surface area contributed by atoms with Crippen molar-refractivity contribution in [2.45, 2.75) is 38.9 Å². The summed E-state index contributed by atoms with van der Waals surface area (Å²) in [6.45, 7) is 5.37. The Hall–Kier alpha value is -1.59. The maximum atomic E-state index is 11.7. The first-order valence-electron chi connectivity index (χ1n) is 7.96. The molecule has 2 rings (SSSR count). The molecular formula is C17H26N2O3. The number of nitrogens with one attached hydrogen (secondary N) is 2. The van der Waals surface area contributed by atoms with Gasteiger partial charge in [0.15, 0.2) is 0 Å². The lowest BCUT2D eigenvalue weighted by Gasteiger charge is -2.14. The van der Waals surface area contributed by atoms with Crippen LogP contribution in [0.1, 0.15) is 38.4 Å². The molecule has 0 aromatic heterocycles. The first kappa shape index (κ1) is 16.8. The molecule has 5 nitrogen and oxygen atoms in total. The van der Waals surface area contributed by atoms with Gasteiger partial charge in [0.25, 0.3) is 0 Å². The zero-order valence-electron chi connectivity index (χ0n) is 13.3. The Morgan fingerprint density at radius 3 is 2.59 bits per heavy atom. The van der Waals surface area contributed by atoms with E-state index in [2.05, 4.69) is 10.6 Å². The molecule has 0 spiro atoms. The molecule has 22 heavy (non-hydrogen) atoms. The van der Waals surface area contributed by atoms with Crippen LogP contribution in [0.2, 0.25) is 0 Å². The van der Waals surface area contributed by atoms with Crippen molar-refractivity contribution in [3.63, 3.8) is 0 Å². The van der Waals surface area contributed by atoms with Crippen molar-refractivity contribution in [3.8, 4) is 5.75 Å². The van der Waals surface area contributed by atoms with Crippen molar-refractivity contribution >= 4 is 5.91 Å². The number of ether oxygens (including phenoxy) is 1. The minimum atomic E-state index is -0.708. The summed E-state index contributed by atoms with van der Waals surface area (Å²) in [6, 6.07) is 7.30. The molecule has 3 N–H and O–H groups in total. The predicted molar refractivity (Wildman–Crippen MR) is 85.8 cm³/mol. The number of aliphatic hydroxyl groups is 1. The lowest BCUT2D eigenvalue weighted by Crippen LogP contribution is -2.36. The number of amides is 1. The van der Waals surface area contributed by atoms with Gasteiger partial charge in [0.05, 0.1) is 18.8 Å². The van der Waals surface area contributed by atoms with Crippen molar-refractivity contribution in [1.82, 2.24) is 10.6 Å². The number of rotatable bonds is 9. The molecule has 0 bridgehead atoms. The van der Waals surface area contributed by atoms with E-state index in [0.717, 1.165) is 23.8 Å². The van der Waals surface area contributed by atoms with Gasteiger partial charge in [0.1, 0.15) is 5.75 Å². The van der Waals surface area contributed by atoms with Crippen LogP contribution in [0.15, 0.2) is 24.3 Å². The third-order valence-corrected chi connectivity index (χ3v) is 3.54. The van der Waals surface area contributed by atoms with Crippen LogP contribution >= 0.6 is 0 Å². The molecule has 0 saturated heterocycles. The average molecular weight is 306 g/mol. The first-order valence-corrected chi connectivity index (χ1v) is 7.96. The van der Waals surface area contributed by atoms with Crippen LogP contribution in [0.3, 0.4) is 0 Å². The van der Waals surface area contributed by atoms with Crippen LogP contribution in [0.4, 0.5) is 0 Å². The zero-order valence-corrected chi connectivity index (χ0v) is 13.3. The number of aliphatic hydroxyl groups excluding tert-OH is 1. The third kappa shape index (κ3) is 6.03. The number of hydrogen-bond donors (Lipinski definition) is 3. The van der Waals surface area contributed by atoms with Crippen LogP contribution in [0.5, 0.6) is 5.75 Å². The second-order valence-corrected chi connectivity index (χ2v) is 6.13. The molecule has 1 unspecified atom stereocenters. The number of carbonyl (C=O) groups is 1. The predicted octanol–water partition coefficient (Wildman–Crippen LogP) is 1.62. The van der Waals surface area contributed by atoms with Gasteiger partial charge in [-0.3, -0.25) is 4.79 Å². The van der Waals surface area contributed by atoms with E-state index in [4.69, 9.17) is 4.74 Å². The van der Waals surface area contributed by atoms with Gasteiger partial charge in [-0.25, -0.2) is 0 Å². The molecule has 0 radical (unpaired) electrons. The Bertz CT molecular complexity index is 469. The third-order valence-electron chi connectivity index (χ3n) is 3.54. The number of carbonyl (C=O) groups excluding carboxylic acids is 1. The van der Waals surface area contributed by atoms with Gasteiger partial charge in [-0.15, -0.1) is 0 Å². The molecule has 1 saturated carbocycles. The molecule has 0 heterocycles. The zero-order chi connectivity index (χ0) is 15.9. The summed E-state index contributed by atoms with van der Waals surface area (Å²) in [6.07, 6.45) is 1.95. The second kappa shape index (κ2) is 8.15. The Labute approximate surface area is 132 Å². The number of hydrogen-bond acceptors (Lipinski definition) is 4. The molecule has 122 valence electrons. The van der Waals surface area contributed by atoms with Gasteiger partial charge in [-0.2, -0.15) is 0 Å². The van der Waals surface area contributed by atoms with Gasteiger partial charge in [-0.05, 0) is 56.8 Å². The quantitative estimate of drug-likeness (QED) is 0.648. The van der Waals surface area contributed by atoms with Crippen molar-refractivity contribution in [1.29, 1.82) is 0 Å². The molecule has 0 aliphatic heterocycles. The van der Waals surface area contributed by atoms with E-state index >= 15 is 0 Å². The van der Waals surface area contributed by atoms with Crippen molar-refractivity contribution in [2.75, 3.05) is 19.6 Å². The summed E-state index contributed by atoms with van der Waals surface area (Å²) in [5.74, 6) is 1.45. The van der Waals surface area contributed by atoms with E-state index in [0.29, 0.717) is 6.54 Å². The minimum Gasteiger partial charge on any atom is -0.491 e. The van der Waals surface area contributed by atoms with Crippen molar-refractivity contribution in [3.05, 3.63) is 29.8 Å². The molecule has 1 aliphatic rings. The van der Waals surface area contributed by atoms with E-state index in [1.54, 1.807) is 0 Å². The van der Waals surface area contributed by atoms with Crippen LogP contribution in [0, 0.1) is 5.92 Å². The average Bonchev–Trinajstić information content (AvgIpc) is 3.29. The Morgan fingerprint density at radius 1 is 1.32 bits per heavy atom. The SMILES string of the molecule is CC(C)Oc1ccc(C(O)CNC(=O)CNCC2CC2)cc1. The van der Waals surface area contributed by atoms with Gasteiger partial charge in [0, 0.05) is 6.54 Å². The minimum absolute atomic E-state index is 0.0838. The lowest BCUT2D eigenvalue weighted by atomic mass is 10.1. The molecular weight excluding hydrogens is 280 g/mol. The molecule has 1 atom stereocenters. The molecule has 1 fully saturated rings. The Morgan fingerprint density at radius 2 is 2.00 bits per heavy atom. The highest BCUT2D eigenvalue weighted by atomic mass is 16.5. The molecule has 1 aromatic rings. The van der Waals surface area contributed by atoms with E-state index < -0.39 is 6.10 Å². The van der Waals surface area contributed by atoms with Crippen LogP contribution < -0.4 is 15.4 Å². The summed E-state index contributed by atoms with van der Waals surface area (Å²) in [4.78, 5) is 11.7. The topological polar surface area (TPSA) is 70.6 Å². The largest absolute Gasteiger partial charge is 0.491 e. The summed E-state index contributed by atoms with van der Waals surface area (Å²) < 4.78 is 5.56.